The van der Waals surface area contributed by atoms with E-state index in [1.165, 1.54) is 25.7 Å². The van der Waals surface area contributed by atoms with Gasteiger partial charge in [0.15, 0.2) is 0 Å². The molecule has 0 radical (unpaired) electrons. The summed E-state index contributed by atoms with van der Waals surface area (Å²) < 4.78 is 0. The van der Waals surface area contributed by atoms with Gasteiger partial charge in [-0.25, -0.2) is 0 Å². The number of hydrogen-bond donors (Lipinski definition) is 1. The van der Waals surface area contributed by atoms with Crippen LogP contribution in [0, 0.1) is 11.8 Å². The summed E-state index contributed by atoms with van der Waals surface area (Å²) in [4.78, 5) is 13.7. The third-order valence-electron chi connectivity index (χ3n) is 3.58. The first-order valence-electron chi connectivity index (χ1n) is 5.77. The lowest BCUT2D eigenvalue weighted by molar-refractivity contribution is -0.138. The predicted octanol–water partition coefficient (Wildman–Crippen LogP) is 0.984. The number of likely N-dealkylation sites (tertiary alicyclic amines) is 1. The van der Waals surface area contributed by atoms with E-state index >= 15 is 0 Å². The van der Waals surface area contributed by atoms with Crippen molar-refractivity contribution < 1.29 is 4.79 Å². The standard InChI is InChI=1S/C11H20N2O/c12-6-10-7-13(8-10)11(14)5-9-3-1-2-4-9/h9-10H,1-8,12H2. The molecule has 3 heteroatoms. The molecule has 2 N–H and O–H groups in total. The predicted molar refractivity (Wildman–Crippen MR) is 55.7 cm³/mol. The molecule has 1 heterocycles. The molecule has 1 aliphatic carbocycles. The number of carbonyl (C=O) groups is 1. The number of nitrogens with two attached hydrogens (primary N) is 1. The van der Waals surface area contributed by atoms with E-state index in [0.29, 0.717) is 17.7 Å². The lowest BCUT2D eigenvalue weighted by Crippen LogP contribution is -2.52. The van der Waals surface area contributed by atoms with Gasteiger partial charge < -0.3 is 10.6 Å². The minimum atomic E-state index is 0.363. The van der Waals surface area contributed by atoms with Gasteiger partial charge in [0, 0.05) is 25.4 Å². The van der Waals surface area contributed by atoms with Gasteiger partial charge in [-0.3, -0.25) is 4.79 Å². The van der Waals surface area contributed by atoms with Gasteiger partial charge in [-0.05, 0) is 25.3 Å². The maximum Gasteiger partial charge on any atom is 0.222 e. The van der Waals surface area contributed by atoms with Crippen molar-refractivity contribution in [1.82, 2.24) is 4.90 Å². The van der Waals surface area contributed by atoms with Gasteiger partial charge >= 0.3 is 0 Å². The van der Waals surface area contributed by atoms with Crippen molar-refractivity contribution in [2.24, 2.45) is 17.6 Å². The van der Waals surface area contributed by atoms with Gasteiger partial charge in [0.1, 0.15) is 0 Å². The molecule has 14 heavy (non-hydrogen) atoms. The van der Waals surface area contributed by atoms with E-state index in [2.05, 4.69) is 0 Å². The highest BCUT2D eigenvalue weighted by atomic mass is 16.2. The highest BCUT2D eigenvalue weighted by molar-refractivity contribution is 5.77. The van der Waals surface area contributed by atoms with Crippen LogP contribution in [-0.4, -0.2) is 30.4 Å². The van der Waals surface area contributed by atoms with E-state index in [-0.39, 0.29) is 0 Å². The Balaban J connectivity index is 1.69. The van der Waals surface area contributed by atoms with Gasteiger partial charge in [-0.1, -0.05) is 12.8 Å². The molecule has 0 aromatic rings. The van der Waals surface area contributed by atoms with Crippen molar-refractivity contribution in [3.05, 3.63) is 0 Å². The van der Waals surface area contributed by atoms with Crippen LogP contribution in [0.1, 0.15) is 32.1 Å². The van der Waals surface area contributed by atoms with Crippen LogP contribution in [-0.2, 0) is 4.79 Å². The Morgan fingerprint density at radius 1 is 1.21 bits per heavy atom. The second-order valence-electron chi connectivity index (χ2n) is 4.76. The minimum absolute atomic E-state index is 0.363. The van der Waals surface area contributed by atoms with Crippen LogP contribution >= 0.6 is 0 Å². The van der Waals surface area contributed by atoms with Crippen LogP contribution in [0.3, 0.4) is 0 Å². The van der Waals surface area contributed by atoms with Crippen LogP contribution in [0.2, 0.25) is 0 Å². The molecular formula is C11H20N2O. The van der Waals surface area contributed by atoms with E-state index in [9.17, 15) is 4.79 Å². The Morgan fingerprint density at radius 3 is 2.43 bits per heavy atom. The zero-order chi connectivity index (χ0) is 9.97. The van der Waals surface area contributed by atoms with Crippen LogP contribution in [0.15, 0.2) is 0 Å². The third-order valence-corrected chi connectivity index (χ3v) is 3.58. The molecule has 2 fully saturated rings. The first-order valence-corrected chi connectivity index (χ1v) is 5.77. The highest BCUT2D eigenvalue weighted by Gasteiger charge is 2.30. The van der Waals surface area contributed by atoms with Crippen molar-refractivity contribution in [2.75, 3.05) is 19.6 Å². The largest absolute Gasteiger partial charge is 0.342 e. The van der Waals surface area contributed by atoms with Gasteiger partial charge in [0.25, 0.3) is 0 Å². The van der Waals surface area contributed by atoms with Crippen molar-refractivity contribution >= 4 is 5.91 Å². The summed E-state index contributed by atoms with van der Waals surface area (Å²) in [5.74, 6) is 1.61. The first kappa shape index (κ1) is 9.97. The maximum atomic E-state index is 11.7. The Morgan fingerprint density at radius 2 is 1.86 bits per heavy atom. The first-order chi connectivity index (χ1) is 6.79. The average Bonchev–Trinajstić information content (AvgIpc) is 2.54. The fourth-order valence-corrected chi connectivity index (χ4v) is 2.51. The maximum absolute atomic E-state index is 11.7. The highest BCUT2D eigenvalue weighted by Crippen LogP contribution is 2.29. The molecule has 0 spiro atoms. The van der Waals surface area contributed by atoms with E-state index in [0.717, 1.165) is 26.1 Å². The molecule has 0 bridgehead atoms. The van der Waals surface area contributed by atoms with Crippen LogP contribution < -0.4 is 5.73 Å². The molecule has 2 rings (SSSR count). The summed E-state index contributed by atoms with van der Waals surface area (Å²) in [7, 11) is 0. The summed E-state index contributed by atoms with van der Waals surface area (Å²) in [5.41, 5.74) is 5.52. The van der Waals surface area contributed by atoms with Crippen LogP contribution in [0.5, 0.6) is 0 Å². The fraction of sp³-hybridized carbons (Fsp3) is 0.909. The molecule has 1 amide bonds. The zero-order valence-electron chi connectivity index (χ0n) is 8.74. The van der Waals surface area contributed by atoms with Gasteiger partial charge in [-0.15, -0.1) is 0 Å². The van der Waals surface area contributed by atoms with E-state index < -0.39 is 0 Å². The lowest BCUT2D eigenvalue weighted by atomic mass is 9.97. The SMILES string of the molecule is NCC1CN(C(=O)CC2CCCC2)C1. The topological polar surface area (TPSA) is 46.3 Å². The van der Waals surface area contributed by atoms with Crippen molar-refractivity contribution in [3.63, 3.8) is 0 Å². The van der Waals surface area contributed by atoms with Gasteiger partial charge in [0.05, 0.1) is 0 Å². The molecule has 2 aliphatic rings. The molecule has 3 nitrogen and oxygen atoms in total. The van der Waals surface area contributed by atoms with E-state index in [1.54, 1.807) is 0 Å². The molecule has 0 unspecified atom stereocenters. The van der Waals surface area contributed by atoms with Crippen molar-refractivity contribution in [2.45, 2.75) is 32.1 Å². The molecule has 0 aromatic heterocycles. The Bertz CT molecular complexity index is 205. The summed E-state index contributed by atoms with van der Waals surface area (Å²) in [6.45, 7) is 2.54. The summed E-state index contributed by atoms with van der Waals surface area (Å²) in [5, 5.41) is 0. The molecule has 0 atom stereocenters. The lowest BCUT2D eigenvalue weighted by Gasteiger charge is -2.39. The van der Waals surface area contributed by atoms with Crippen LogP contribution in [0.25, 0.3) is 0 Å². The monoisotopic (exact) mass is 196 g/mol. The number of hydrogen-bond acceptors (Lipinski definition) is 2. The number of amides is 1. The molecular weight excluding hydrogens is 176 g/mol. The van der Waals surface area contributed by atoms with Crippen LogP contribution in [0.4, 0.5) is 0 Å². The summed E-state index contributed by atoms with van der Waals surface area (Å²) in [6.07, 6.45) is 5.96. The zero-order valence-corrected chi connectivity index (χ0v) is 8.74. The molecule has 1 saturated heterocycles. The molecule has 80 valence electrons. The van der Waals surface area contributed by atoms with Crippen molar-refractivity contribution in [3.8, 4) is 0 Å². The second-order valence-corrected chi connectivity index (χ2v) is 4.76. The summed E-state index contributed by atoms with van der Waals surface area (Å²) in [6, 6.07) is 0. The Kier molecular flexibility index (Phi) is 3.06. The molecule has 1 saturated carbocycles. The smallest absolute Gasteiger partial charge is 0.222 e. The van der Waals surface area contributed by atoms with Gasteiger partial charge in [0.2, 0.25) is 5.91 Å². The molecule has 1 aliphatic heterocycles. The second kappa shape index (κ2) is 4.30. The number of carbonyl (C=O) groups excluding carboxylic acids is 1. The fourth-order valence-electron chi connectivity index (χ4n) is 2.51. The molecule has 0 aromatic carbocycles. The van der Waals surface area contributed by atoms with Gasteiger partial charge in [-0.2, -0.15) is 0 Å². The average molecular weight is 196 g/mol. The Labute approximate surface area is 85.6 Å². The Hall–Kier alpha value is -0.570. The summed E-state index contributed by atoms with van der Waals surface area (Å²) >= 11 is 0. The minimum Gasteiger partial charge on any atom is -0.342 e. The van der Waals surface area contributed by atoms with E-state index in [1.807, 2.05) is 4.90 Å². The number of nitrogens with zero attached hydrogens (tertiary/aromatic N) is 1. The normalized spacial score (nSPS) is 23.9. The van der Waals surface area contributed by atoms with E-state index in [4.69, 9.17) is 5.73 Å². The quantitative estimate of drug-likeness (QED) is 0.731. The number of rotatable bonds is 3. The van der Waals surface area contributed by atoms with Crippen molar-refractivity contribution in [1.29, 1.82) is 0 Å². The third kappa shape index (κ3) is 2.08.